The number of methoxy groups -OCH3 is 1. The zero-order valence-corrected chi connectivity index (χ0v) is 18.3. The fraction of sp³-hybridized carbons (Fsp3) is 0.160. The Bertz CT molecular complexity index is 997. The van der Waals surface area contributed by atoms with Crippen molar-refractivity contribution in [3.8, 4) is 11.5 Å². The van der Waals surface area contributed by atoms with Crippen LogP contribution in [0.25, 0.3) is 0 Å². The summed E-state index contributed by atoms with van der Waals surface area (Å²) >= 11 is 0. The molecular weight excluding hydrogens is 428 g/mol. The van der Waals surface area contributed by atoms with Crippen LogP contribution in [0.3, 0.4) is 0 Å². The lowest BCUT2D eigenvalue weighted by molar-refractivity contribution is 0.0504. The van der Waals surface area contributed by atoms with Crippen LogP contribution in [0.4, 0.5) is 0 Å². The third kappa shape index (κ3) is 10.5. The predicted octanol–water partition coefficient (Wildman–Crippen LogP) is 4.52. The van der Waals surface area contributed by atoms with Crippen LogP contribution in [0.5, 0.6) is 11.5 Å². The van der Waals surface area contributed by atoms with E-state index in [1.165, 1.54) is 55.6 Å². The molecule has 0 heterocycles. The van der Waals surface area contributed by atoms with Gasteiger partial charge in [0.15, 0.2) is 0 Å². The summed E-state index contributed by atoms with van der Waals surface area (Å²) in [5.41, 5.74) is 1.23. The molecule has 3 N–H and O–H groups in total. The lowest BCUT2D eigenvalue weighted by Gasteiger charge is -2.02. The van der Waals surface area contributed by atoms with E-state index in [1.807, 2.05) is 6.92 Å². The average molecular weight is 454 g/mol. The number of carbonyl (C=O) groups is 3. The minimum Gasteiger partial charge on any atom is -0.508 e. The van der Waals surface area contributed by atoms with Crippen molar-refractivity contribution in [1.29, 1.82) is 0 Å². The number of carbonyl (C=O) groups excluding carboxylic acids is 2. The van der Waals surface area contributed by atoms with Crippen molar-refractivity contribution in [3.63, 3.8) is 0 Å². The van der Waals surface area contributed by atoms with E-state index in [-0.39, 0.29) is 17.5 Å². The molecule has 0 aliphatic carbocycles. The van der Waals surface area contributed by atoms with Crippen LogP contribution in [0.1, 0.15) is 44.4 Å². The third-order valence-corrected chi connectivity index (χ3v) is 3.85. The Morgan fingerprint density at radius 1 is 0.697 bits per heavy atom. The molecule has 0 saturated heterocycles. The molecule has 0 amide bonds. The van der Waals surface area contributed by atoms with Gasteiger partial charge in [-0.1, -0.05) is 25.1 Å². The molecule has 0 saturated carbocycles. The largest absolute Gasteiger partial charge is 0.508 e. The molecule has 8 nitrogen and oxygen atoms in total. The van der Waals surface area contributed by atoms with Gasteiger partial charge in [-0.25, -0.2) is 14.4 Å². The quantitative estimate of drug-likeness (QED) is 0.480. The molecule has 3 rings (SSSR count). The molecule has 0 aliphatic heterocycles. The third-order valence-electron chi connectivity index (χ3n) is 3.85. The minimum absolute atomic E-state index is 0.137. The molecule has 0 spiro atoms. The van der Waals surface area contributed by atoms with Gasteiger partial charge in [-0.3, -0.25) is 0 Å². The van der Waals surface area contributed by atoms with Crippen molar-refractivity contribution in [2.45, 2.75) is 13.3 Å². The summed E-state index contributed by atoms with van der Waals surface area (Å²) in [5, 5.41) is 26.2. The van der Waals surface area contributed by atoms with Crippen molar-refractivity contribution in [2.24, 2.45) is 0 Å². The second-order valence-electron chi connectivity index (χ2n) is 6.39. The highest BCUT2D eigenvalue weighted by Gasteiger charge is 2.05. The number of aromatic hydroxyl groups is 2. The number of phenols is 2. The first-order valence-electron chi connectivity index (χ1n) is 9.90. The predicted molar refractivity (Wildman–Crippen MR) is 122 cm³/mol. The number of phenolic OH excluding ortho intramolecular Hbond substituents is 2. The standard InChI is InChI=1S/C10H12O3.C8H8O3.C7H6O2/c1-2-7-13-10(12)8-3-5-9(11)6-4-8;1-11-8(10)6-2-4-7(9)5-3-6;8-7(9)6-4-2-1-3-5-6/h3-6,11H,2,7H2,1H3;2-5,9H,1H3;1-5H,(H,8,9). The molecule has 3 aromatic carbocycles. The molecule has 0 bridgehead atoms. The van der Waals surface area contributed by atoms with E-state index in [4.69, 9.17) is 20.1 Å². The summed E-state index contributed by atoms with van der Waals surface area (Å²) in [7, 11) is 1.31. The Kier molecular flexibility index (Phi) is 11.8. The van der Waals surface area contributed by atoms with Gasteiger partial charge >= 0.3 is 17.9 Å². The number of benzene rings is 3. The number of aromatic carboxylic acids is 1. The van der Waals surface area contributed by atoms with Crippen LogP contribution in [0, 0.1) is 0 Å². The second kappa shape index (κ2) is 14.6. The van der Waals surface area contributed by atoms with Crippen LogP contribution in [0.2, 0.25) is 0 Å². The molecule has 33 heavy (non-hydrogen) atoms. The molecule has 0 fully saturated rings. The fourth-order valence-corrected chi connectivity index (χ4v) is 2.17. The summed E-state index contributed by atoms with van der Waals surface area (Å²) in [4.78, 5) is 32.2. The van der Waals surface area contributed by atoms with E-state index in [0.29, 0.717) is 23.3 Å². The van der Waals surface area contributed by atoms with Gasteiger partial charge in [0.05, 0.1) is 30.4 Å². The maximum Gasteiger partial charge on any atom is 0.338 e. The number of carboxylic acids is 1. The number of carboxylic acid groups (broad SMARTS) is 1. The van der Waals surface area contributed by atoms with Crippen molar-refractivity contribution in [2.75, 3.05) is 13.7 Å². The second-order valence-corrected chi connectivity index (χ2v) is 6.39. The molecular formula is C25H26O8. The van der Waals surface area contributed by atoms with E-state index in [9.17, 15) is 14.4 Å². The van der Waals surface area contributed by atoms with Crippen molar-refractivity contribution >= 4 is 17.9 Å². The highest BCUT2D eigenvalue weighted by atomic mass is 16.5. The number of hydrogen-bond acceptors (Lipinski definition) is 7. The van der Waals surface area contributed by atoms with Crippen LogP contribution in [-0.2, 0) is 9.47 Å². The Balaban J connectivity index is 0.000000252. The summed E-state index contributed by atoms with van der Waals surface area (Å²) in [6, 6.07) is 20.2. The number of rotatable bonds is 5. The summed E-state index contributed by atoms with van der Waals surface area (Å²) in [5.74, 6) is -1.34. The zero-order chi connectivity index (χ0) is 24.6. The van der Waals surface area contributed by atoms with E-state index < -0.39 is 11.9 Å². The molecule has 0 radical (unpaired) electrons. The summed E-state index contributed by atoms with van der Waals surface area (Å²) < 4.78 is 9.35. The van der Waals surface area contributed by atoms with Crippen LogP contribution >= 0.6 is 0 Å². The topological polar surface area (TPSA) is 130 Å². The minimum atomic E-state index is -0.879. The van der Waals surface area contributed by atoms with Crippen LogP contribution < -0.4 is 0 Å². The molecule has 8 heteroatoms. The number of hydrogen-bond donors (Lipinski definition) is 3. The highest BCUT2D eigenvalue weighted by molar-refractivity contribution is 5.90. The molecule has 0 atom stereocenters. The summed E-state index contributed by atoms with van der Waals surface area (Å²) in [6.45, 7) is 2.36. The average Bonchev–Trinajstić information content (AvgIpc) is 2.84. The normalized spacial score (nSPS) is 9.27. The Labute approximate surface area is 191 Å². The van der Waals surface area contributed by atoms with Crippen molar-refractivity contribution < 1.29 is 39.2 Å². The Morgan fingerprint density at radius 2 is 1.15 bits per heavy atom. The van der Waals surface area contributed by atoms with Crippen LogP contribution in [-0.4, -0.2) is 46.9 Å². The number of ether oxygens (including phenoxy) is 2. The van der Waals surface area contributed by atoms with Gasteiger partial charge in [-0.15, -0.1) is 0 Å². The van der Waals surface area contributed by atoms with Gasteiger partial charge in [-0.05, 0) is 67.1 Å². The van der Waals surface area contributed by atoms with Gasteiger partial charge in [0.2, 0.25) is 0 Å². The highest BCUT2D eigenvalue weighted by Crippen LogP contribution is 2.11. The van der Waals surface area contributed by atoms with Gasteiger partial charge in [-0.2, -0.15) is 0 Å². The van der Waals surface area contributed by atoms with Gasteiger partial charge < -0.3 is 24.8 Å². The van der Waals surface area contributed by atoms with Crippen molar-refractivity contribution in [1.82, 2.24) is 0 Å². The smallest absolute Gasteiger partial charge is 0.338 e. The van der Waals surface area contributed by atoms with Crippen LogP contribution in [0.15, 0.2) is 78.9 Å². The van der Waals surface area contributed by atoms with E-state index in [2.05, 4.69) is 4.74 Å². The molecule has 0 aliphatic rings. The molecule has 3 aromatic rings. The fourth-order valence-electron chi connectivity index (χ4n) is 2.17. The number of esters is 2. The van der Waals surface area contributed by atoms with Gasteiger partial charge in [0.25, 0.3) is 0 Å². The molecule has 0 aromatic heterocycles. The molecule has 0 unspecified atom stereocenters. The van der Waals surface area contributed by atoms with E-state index in [1.54, 1.807) is 30.3 Å². The first kappa shape index (κ1) is 26.7. The Hall–Kier alpha value is -4.33. The zero-order valence-electron chi connectivity index (χ0n) is 18.3. The Morgan fingerprint density at radius 3 is 1.52 bits per heavy atom. The summed E-state index contributed by atoms with van der Waals surface area (Å²) in [6.07, 6.45) is 0.809. The maximum atomic E-state index is 11.2. The van der Waals surface area contributed by atoms with Crippen molar-refractivity contribution in [3.05, 3.63) is 95.6 Å². The lowest BCUT2D eigenvalue weighted by Crippen LogP contribution is -2.05. The van der Waals surface area contributed by atoms with Gasteiger partial charge in [0.1, 0.15) is 11.5 Å². The monoisotopic (exact) mass is 454 g/mol. The lowest BCUT2D eigenvalue weighted by atomic mass is 10.2. The first-order valence-corrected chi connectivity index (χ1v) is 9.90. The SMILES string of the molecule is CCCOC(=O)c1ccc(O)cc1.COC(=O)c1ccc(O)cc1.O=C(O)c1ccccc1. The van der Waals surface area contributed by atoms with Gasteiger partial charge in [0, 0.05) is 0 Å². The maximum absolute atomic E-state index is 11.2. The first-order chi connectivity index (χ1) is 15.8. The molecule has 174 valence electrons. The van der Waals surface area contributed by atoms with E-state index >= 15 is 0 Å². The van der Waals surface area contributed by atoms with E-state index in [0.717, 1.165) is 6.42 Å².